The van der Waals surface area contributed by atoms with Gasteiger partial charge in [0.2, 0.25) is 0 Å². The highest BCUT2D eigenvalue weighted by Crippen LogP contribution is 2.38. The second-order valence-corrected chi connectivity index (χ2v) is 9.08. The smallest absolute Gasteiger partial charge is 0.290 e. The van der Waals surface area contributed by atoms with Crippen molar-refractivity contribution >= 4 is 18.0 Å². The molecule has 3 aromatic heterocycles. The van der Waals surface area contributed by atoms with Crippen LogP contribution in [0.3, 0.4) is 0 Å². The normalized spacial score (nSPS) is 24.5. The number of fused-ring (bicyclic) bond motifs is 2. The van der Waals surface area contributed by atoms with Crippen molar-refractivity contribution in [2.24, 2.45) is 18.9 Å². The van der Waals surface area contributed by atoms with E-state index >= 15 is 0 Å². The quantitative estimate of drug-likeness (QED) is 0.572. The molecule has 2 fully saturated rings. The Morgan fingerprint density at radius 1 is 1.15 bits per heavy atom. The lowest BCUT2D eigenvalue weighted by molar-refractivity contribution is -0.122. The molecule has 10 heteroatoms. The number of aromatic nitrogens is 4. The van der Waals surface area contributed by atoms with Gasteiger partial charge in [-0.25, -0.2) is 0 Å². The number of aliphatic hydroxyl groups excluding tert-OH is 1. The number of hydrogen-bond acceptors (Lipinski definition) is 6. The standard InChI is InChI=1S/C22H28N6O2.CH2O2/c1-25(2)18-9-15-11-27(12-16(15)10-19(18)29)22(30)14-6-7-20-23-24-21(28(20)13-14)17-5-4-8-26(17)3;2-1-3/h4-8,13,15-16,18-19,29H,9-12H2,1-3H3;1H,(H,2,3)/t15-,16+,18-,19-;/m1./s1. The Kier molecular flexibility index (Phi) is 6.48. The molecule has 0 spiro atoms. The van der Waals surface area contributed by atoms with E-state index in [0.29, 0.717) is 23.9 Å². The number of carboxylic acid groups (broad SMARTS) is 1. The number of likely N-dealkylation sites (tertiary alicyclic amines) is 1. The number of aliphatic hydroxyl groups is 1. The van der Waals surface area contributed by atoms with Crippen LogP contribution in [0.25, 0.3) is 17.2 Å². The summed E-state index contributed by atoms with van der Waals surface area (Å²) >= 11 is 0. The van der Waals surface area contributed by atoms with E-state index in [4.69, 9.17) is 9.90 Å². The van der Waals surface area contributed by atoms with Gasteiger partial charge in [0.05, 0.1) is 17.4 Å². The predicted octanol–water partition coefficient (Wildman–Crippen LogP) is 1.21. The molecule has 4 atom stereocenters. The van der Waals surface area contributed by atoms with Crippen LogP contribution in [0.5, 0.6) is 0 Å². The summed E-state index contributed by atoms with van der Waals surface area (Å²) < 4.78 is 3.88. The van der Waals surface area contributed by atoms with Crippen molar-refractivity contribution in [2.75, 3.05) is 27.2 Å². The highest BCUT2D eigenvalue weighted by molar-refractivity contribution is 5.94. The van der Waals surface area contributed by atoms with Crippen molar-refractivity contribution in [3.8, 4) is 11.5 Å². The van der Waals surface area contributed by atoms with Gasteiger partial charge >= 0.3 is 0 Å². The number of aryl methyl sites for hydroxylation is 1. The number of nitrogens with zero attached hydrogens (tertiary/aromatic N) is 6. The van der Waals surface area contributed by atoms with Crippen LogP contribution in [0.2, 0.25) is 0 Å². The zero-order chi connectivity index (χ0) is 23.7. The fourth-order valence-electron chi connectivity index (χ4n) is 5.20. The van der Waals surface area contributed by atoms with Gasteiger partial charge in [-0.3, -0.25) is 14.0 Å². The fraction of sp³-hybridized carbons (Fsp3) is 0.478. The third-order valence-electron chi connectivity index (χ3n) is 6.88. The largest absolute Gasteiger partial charge is 0.483 e. The van der Waals surface area contributed by atoms with Crippen molar-refractivity contribution in [1.29, 1.82) is 0 Å². The van der Waals surface area contributed by atoms with Crippen LogP contribution in [-0.2, 0) is 11.8 Å². The third-order valence-corrected chi connectivity index (χ3v) is 6.88. The van der Waals surface area contributed by atoms with Crippen molar-refractivity contribution < 1.29 is 19.8 Å². The van der Waals surface area contributed by atoms with Crippen molar-refractivity contribution in [3.63, 3.8) is 0 Å². The van der Waals surface area contributed by atoms with Crippen molar-refractivity contribution in [2.45, 2.75) is 25.0 Å². The van der Waals surface area contributed by atoms with Gasteiger partial charge in [-0.05, 0) is 63.0 Å². The van der Waals surface area contributed by atoms with Crippen LogP contribution in [0, 0.1) is 11.8 Å². The SMILES string of the molecule is CN(C)[C@@H]1C[C@@H]2CN(C(=O)c3ccc4nnc(-c5cccn5C)n4c3)C[C@@H]2C[C@H]1O.O=CO. The molecule has 1 aliphatic heterocycles. The Hall–Kier alpha value is -3.24. The van der Waals surface area contributed by atoms with Gasteiger partial charge in [0.15, 0.2) is 11.5 Å². The number of pyridine rings is 1. The number of carbonyl (C=O) groups is 2. The first kappa shape index (κ1) is 22.9. The van der Waals surface area contributed by atoms with Crippen LogP contribution in [0.1, 0.15) is 23.2 Å². The maximum Gasteiger partial charge on any atom is 0.290 e. The maximum absolute atomic E-state index is 13.3. The van der Waals surface area contributed by atoms with E-state index in [0.717, 1.165) is 36.6 Å². The van der Waals surface area contributed by atoms with Crippen LogP contribution >= 0.6 is 0 Å². The van der Waals surface area contributed by atoms with E-state index < -0.39 is 0 Å². The van der Waals surface area contributed by atoms with Crippen LogP contribution in [0.15, 0.2) is 36.7 Å². The minimum absolute atomic E-state index is 0.0359. The first-order valence-electron chi connectivity index (χ1n) is 11.0. The predicted molar refractivity (Wildman–Crippen MR) is 122 cm³/mol. The average molecular weight is 455 g/mol. The summed E-state index contributed by atoms with van der Waals surface area (Å²) in [5, 5.41) is 26.0. The summed E-state index contributed by atoms with van der Waals surface area (Å²) in [6.45, 7) is 1.22. The number of amides is 1. The lowest BCUT2D eigenvalue weighted by atomic mass is 9.77. The summed E-state index contributed by atoms with van der Waals surface area (Å²) in [6, 6.07) is 7.81. The molecule has 2 aliphatic rings. The van der Waals surface area contributed by atoms with Crippen molar-refractivity contribution in [3.05, 3.63) is 42.2 Å². The second-order valence-electron chi connectivity index (χ2n) is 9.08. The molecule has 0 unspecified atom stereocenters. The van der Waals surface area contributed by atoms with Gasteiger partial charge < -0.3 is 24.6 Å². The molecule has 5 rings (SSSR count). The average Bonchev–Trinajstić information content (AvgIpc) is 3.50. The van der Waals surface area contributed by atoms with E-state index in [-0.39, 0.29) is 24.5 Å². The highest BCUT2D eigenvalue weighted by atomic mass is 16.3. The van der Waals surface area contributed by atoms with Gasteiger partial charge in [-0.1, -0.05) is 0 Å². The number of hydrogen-bond donors (Lipinski definition) is 2. The van der Waals surface area contributed by atoms with Gasteiger partial charge in [0.25, 0.3) is 12.4 Å². The molecule has 2 N–H and O–H groups in total. The molecular formula is C23H30N6O4. The molecule has 0 radical (unpaired) electrons. The number of carbonyl (C=O) groups excluding carboxylic acids is 1. The lowest BCUT2D eigenvalue weighted by Crippen LogP contribution is -2.46. The van der Waals surface area contributed by atoms with Gasteiger partial charge in [0, 0.05) is 38.6 Å². The Bertz CT molecular complexity index is 1140. The topological polar surface area (TPSA) is 116 Å². The van der Waals surface area contributed by atoms with Gasteiger partial charge in [-0.2, -0.15) is 0 Å². The Morgan fingerprint density at radius 3 is 2.48 bits per heavy atom. The molecule has 0 bridgehead atoms. The third kappa shape index (κ3) is 4.36. The Labute approximate surface area is 192 Å². The molecule has 33 heavy (non-hydrogen) atoms. The molecule has 10 nitrogen and oxygen atoms in total. The van der Waals surface area contributed by atoms with E-state index in [9.17, 15) is 9.90 Å². The monoisotopic (exact) mass is 454 g/mol. The van der Waals surface area contributed by atoms with E-state index in [1.165, 1.54) is 0 Å². The molecule has 1 saturated heterocycles. The second kappa shape index (κ2) is 9.32. The first-order valence-corrected chi connectivity index (χ1v) is 11.0. The summed E-state index contributed by atoms with van der Waals surface area (Å²) in [4.78, 5) is 25.7. The maximum atomic E-state index is 13.3. The molecule has 4 heterocycles. The lowest BCUT2D eigenvalue weighted by Gasteiger charge is -2.38. The zero-order valence-corrected chi connectivity index (χ0v) is 19.1. The number of likely N-dealkylation sites (N-methyl/N-ethyl adjacent to an activating group) is 1. The molecule has 3 aromatic rings. The Balaban J connectivity index is 0.000000821. The summed E-state index contributed by atoms with van der Waals surface area (Å²) in [7, 11) is 6.00. The Morgan fingerprint density at radius 2 is 1.85 bits per heavy atom. The molecule has 1 saturated carbocycles. The van der Waals surface area contributed by atoms with Gasteiger partial charge in [0.1, 0.15) is 0 Å². The van der Waals surface area contributed by atoms with Crippen molar-refractivity contribution in [1.82, 2.24) is 29.0 Å². The molecule has 1 aliphatic carbocycles. The number of rotatable bonds is 3. The zero-order valence-electron chi connectivity index (χ0n) is 19.1. The summed E-state index contributed by atoms with van der Waals surface area (Å²) in [5.74, 6) is 1.58. The van der Waals surface area contributed by atoms with E-state index in [2.05, 4.69) is 15.1 Å². The summed E-state index contributed by atoms with van der Waals surface area (Å²) in [6.07, 6.45) is 5.19. The van der Waals surface area contributed by atoms with Crippen LogP contribution in [0.4, 0.5) is 0 Å². The molecule has 1 amide bonds. The van der Waals surface area contributed by atoms with Gasteiger partial charge in [-0.15, -0.1) is 10.2 Å². The van der Waals surface area contributed by atoms with Crippen LogP contribution < -0.4 is 0 Å². The van der Waals surface area contributed by atoms with E-state index in [1.807, 2.05) is 71.7 Å². The van der Waals surface area contributed by atoms with Crippen LogP contribution in [-0.4, -0.2) is 90.9 Å². The molecular weight excluding hydrogens is 424 g/mol. The fourth-order valence-corrected chi connectivity index (χ4v) is 5.20. The summed E-state index contributed by atoms with van der Waals surface area (Å²) in [5.41, 5.74) is 2.30. The first-order chi connectivity index (χ1) is 15.8. The molecule has 176 valence electrons. The minimum atomic E-state index is -0.322. The minimum Gasteiger partial charge on any atom is -0.483 e. The molecule has 0 aromatic carbocycles. The van der Waals surface area contributed by atoms with E-state index in [1.54, 1.807) is 0 Å². The highest BCUT2D eigenvalue weighted by Gasteiger charge is 2.43.